The molecular formula is C50H44. The van der Waals surface area contributed by atoms with Crippen molar-refractivity contribution in [2.75, 3.05) is 0 Å². The van der Waals surface area contributed by atoms with Crippen LogP contribution >= 0.6 is 0 Å². The van der Waals surface area contributed by atoms with E-state index in [4.69, 9.17) is 0 Å². The van der Waals surface area contributed by atoms with E-state index in [0.717, 1.165) is 0 Å². The van der Waals surface area contributed by atoms with Gasteiger partial charge in [-0.05, 0) is 54.8 Å². The van der Waals surface area contributed by atoms with Crippen LogP contribution in [0.1, 0.15) is 31.9 Å². The number of hydrogen-bond donors (Lipinski definition) is 0. The van der Waals surface area contributed by atoms with Crippen LogP contribution in [0.15, 0.2) is 186 Å². The van der Waals surface area contributed by atoms with Crippen molar-refractivity contribution in [1.29, 1.82) is 0 Å². The molecular weight excluding hydrogens is 601 g/mol. The summed E-state index contributed by atoms with van der Waals surface area (Å²) in [5.41, 5.74) is 13.1. The molecule has 0 N–H and O–H groups in total. The van der Waals surface area contributed by atoms with Gasteiger partial charge in [0.15, 0.2) is 0 Å². The Morgan fingerprint density at radius 3 is 1.90 bits per heavy atom. The Kier molecular flexibility index (Phi) is 6.76. The van der Waals surface area contributed by atoms with E-state index in [0.29, 0.717) is 35.5 Å². The van der Waals surface area contributed by atoms with Crippen molar-refractivity contribution in [1.82, 2.24) is 0 Å². The van der Waals surface area contributed by atoms with Gasteiger partial charge in [-0.15, -0.1) is 0 Å². The topological polar surface area (TPSA) is 0 Å². The van der Waals surface area contributed by atoms with Crippen molar-refractivity contribution in [3.05, 3.63) is 208 Å². The number of benzene rings is 2. The Morgan fingerprint density at radius 2 is 1.14 bits per heavy atom. The number of allylic oxidation sites excluding steroid dienone is 24. The van der Waals surface area contributed by atoms with E-state index in [1.54, 1.807) is 11.1 Å². The molecule has 8 aliphatic carbocycles. The summed E-state index contributed by atoms with van der Waals surface area (Å²) in [6.07, 6.45) is 45.3. The van der Waals surface area contributed by atoms with Gasteiger partial charge in [-0.25, -0.2) is 0 Å². The maximum atomic E-state index is 2.60. The minimum atomic E-state index is 0.0818. The zero-order valence-electron chi connectivity index (χ0n) is 29.2. The second-order valence-corrected chi connectivity index (χ2v) is 16.3. The second-order valence-electron chi connectivity index (χ2n) is 16.3. The summed E-state index contributed by atoms with van der Waals surface area (Å²) >= 11 is 0. The zero-order valence-corrected chi connectivity index (χ0v) is 29.2. The molecule has 8 atom stereocenters. The fraction of sp³-hybridized carbons (Fsp3) is 0.240. The molecule has 2 aromatic carbocycles. The highest BCUT2D eigenvalue weighted by Gasteiger charge is 2.46. The lowest BCUT2D eigenvalue weighted by atomic mass is 9.66. The fourth-order valence-electron chi connectivity index (χ4n) is 10.2. The minimum Gasteiger partial charge on any atom is -0.0767 e. The van der Waals surface area contributed by atoms with E-state index >= 15 is 0 Å². The number of hydrogen-bond acceptors (Lipinski definition) is 0. The van der Waals surface area contributed by atoms with Crippen LogP contribution in [0.25, 0.3) is 16.7 Å². The molecule has 0 radical (unpaired) electrons. The normalized spacial score (nSPS) is 32.3. The Labute approximate surface area is 297 Å². The third-order valence-corrected chi connectivity index (χ3v) is 12.6. The quantitative estimate of drug-likeness (QED) is 0.312. The van der Waals surface area contributed by atoms with Gasteiger partial charge < -0.3 is 0 Å². The van der Waals surface area contributed by atoms with Crippen LogP contribution in [0.3, 0.4) is 0 Å². The molecule has 0 aliphatic heterocycles. The zero-order chi connectivity index (χ0) is 33.6. The molecule has 0 heteroatoms. The highest BCUT2D eigenvalue weighted by molar-refractivity contribution is 5.84. The van der Waals surface area contributed by atoms with Crippen molar-refractivity contribution >= 4 is 16.7 Å². The Balaban J connectivity index is 1.09. The van der Waals surface area contributed by atoms with Crippen molar-refractivity contribution in [2.45, 2.75) is 20.8 Å². The monoisotopic (exact) mass is 644 g/mol. The molecule has 0 spiro atoms. The smallest absolute Gasteiger partial charge is 0.0140 e. The van der Waals surface area contributed by atoms with Gasteiger partial charge in [0, 0.05) is 47.3 Å². The molecule has 2 aromatic rings. The molecule has 0 saturated heterocycles. The predicted molar refractivity (Wildman–Crippen MR) is 210 cm³/mol. The summed E-state index contributed by atoms with van der Waals surface area (Å²) in [5, 5.41) is 2.75. The first kappa shape index (κ1) is 29.9. The molecule has 0 nitrogen and oxygen atoms in total. The summed E-state index contributed by atoms with van der Waals surface area (Å²) in [5.74, 6) is 3.28. The Bertz CT molecular complexity index is 2320. The lowest BCUT2D eigenvalue weighted by Crippen LogP contribution is -2.41. The first-order valence-electron chi connectivity index (χ1n) is 18.7. The molecule has 244 valence electrons. The SMILES string of the molecule is CC(C)(C)C1=CC2C(C3=CC4C=CC=CC4C=C3)=c3ccccc3=C(c3ccc(C4=CC=C5C6C=CC=CC6C6=CC=CC4C65)cc3)C2C=C1. The van der Waals surface area contributed by atoms with E-state index in [1.807, 2.05) is 0 Å². The molecule has 50 heavy (non-hydrogen) atoms. The first-order valence-corrected chi connectivity index (χ1v) is 18.7. The van der Waals surface area contributed by atoms with Crippen molar-refractivity contribution in [2.24, 2.45) is 52.8 Å². The van der Waals surface area contributed by atoms with Crippen molar-refractivity contribution < 1.29 is 0 Å². The number of fused-ring (bicyclic) bond motifs is 6. The van der Waals surface area contributed by atoms with Crippen LogP contribution in [0, 0.1) is 52.8 Å². The maximum absolute atomic E-state index is 2.60. The summed E-state index contributed by atoms with van der Waals surface area (Å²) < 4.78 is 0. The number of rotatable bonds is 3. The molecule has 0 amide bonds. The lowest BCUT2D eigenvalue weighted by Gasteiger charge is -2.38. The molecule has 1 fully saturated rings. The van der Waals surface area contributed by atoms with Gasteiger partial charge >= 0.3 is 0 Å². The molecule has 0 bridgehead atoms. The molecule has 10 rings (SSSR count). The van der Waals surface area contributed by atoms with Gasteiger partial charge in [0.25, 0.3) is 0 Å². The van der Waals surface area contributed by atoms with E-state index in [1.165, 1.54) is 49.4 Å². The van der Waals surface area contributed by atoms with Crippen molar-refractivity contribution in [3.63, 3.8) is 0 Å². The molecule has 1 saturated carbocycles. The fourth-order valence-corrected chi connectivity index (χ4v) is 10.2. The van der Waals surface area contributed by atoms with Gasteiger partial charge in [0.05, 0.1) is 0 Å². The molecule has 0 heterocycles. The summed E-state index contributed by atoms with van der Waals surface area (Å²) in [4.78, 5) is 0. The van der Waals surface area contributed by atoms with Crippen LogP contribution in [-0.2, 0) is 0 Å². The summed E-state index contributed by atoms with van der Waals surface area (Å²) in [6, 6.07) is 18.8. The average Bonchev–Trinajstić information content (AvgIpc) is 3.48. The Morgan fingerprint density at radius 1 is 0.480 bits per heavy atom. The van der Waals surface area contributed by atoms with Gasteiger partial charge in [0.1, 0.15) is 0 Å². The average molecular weight is 645 g/mol. The minimum absolute atomic E-state index is 0.0818. The van der Waals surface area contributed by atoms with Crippen molar-refractivity contribution in [3.8, 4) is 0 Å². The summed E-state index contributed by atoms with van der Waals surface area (Å²) in [7, 11) is 0. The van der Waals surface area contributed by atoms with Gasteiger partial charge in [-0.1, -0.05) is 196 Å². The third kappa shape index (κ3) is 4.57. The second kappa shape index (κ2) is 11.3. The van der Waals surface area contributed by atoms with Gasteiger partial charge in [-0.2, -0.15) is 0 Å². The molecule has 8 aliphatic rings. The van der Waals surface area contributed by atoms with E-state index in [9.17, 15) is 0 Å². The van der Waals surface area contributed by atoms with Crippen LogP contribution < -0.4 is 10.4 Å². The van der Waals surface area contributed by atoms with Crippen LogP contribution in [0.2, 0.25) is 0 Å². The summed E-state index contributed by atoms with van der Waals surface area (Å²) in [6.45, 7) is 7.04. The van der Waals surface area contributed by atoms with Crippen LogP contribution in [0.5, 0.6) is 0 Å². The van der Waals surface area contributed by atoms with E-state index in [2.05, 4.69) is 185 Å². The largest absolute Gasteiger partial charge is 0.0767 e. The Hall–Kier alpha value is -4.94. The van der Waals surface area contributed by atoms with E-state index < -0.39 is 0 Å². The highest BCUT2D eigenvalue weighted by Crippen LogP contribution is 2.57. The molecule has 0 aromatic heterocycles. The van der Waals surface area contributed by atoms with E-state index in [-0.39, 0.29) is 17.3 Å². The standard InChI is InChI=1S/C50H44/c1-50(2,3)36-25-26-45-46(30-36)48(35-24-19-31-11-4-5-12-34(31)29-35)43-16-9-8-15-42(43)47(45)33-22-20-32(21-23-33)37-27-28-44-39-14-7-6-13-38(39)41-18-10-17-40(37)49(41)44/h4-31,34,38-40,45-46,49H,1-3H3. The lowest BCUT2D eigenvalue weighted by molar-refractivity contribution is 0.502. The first-order chi connectivity index (χ1) is 24.4. The highest BCUT2D eigenvalue weighted by atomic mass is 14.5. The predicted octanol–water partition coefficient (Wildman–Crippen LogP) is 10.1. The van der Waals surface area contributed by atoms with Crippen LogP contribution in [-0.4, -0.2) is 0 Å². The van der Waals surface area contributed by atoms with Gasteiger partial charge in [-0.3, -0.25) is 0 Å². The third-order valence-electron chi connectivity index (χ3n) is 12.6. The molecule has 8 unspecified atom stereocenters. The van der Waals surface area contributed by atoms with Gasteiger partial charge in [0.2, 0.25) is 0 Å². The maximum Gasteiger partial charge on any atom is 0.0140 e. The van der Waals surface area contributed by atoms with Crippen LogP contribution in [0.4, 0.5) is 0 Å².